The van der Waals surface area contributed by atoms with Gasteiger partial charge in [-0.25, -0.2) is 4.79 Å². The van der Waals surface area contributed by atoms with Gasteiger partial charge in [-0.15, -0.1) is 0 Å². The lowest BCUT2D eigenvalue weighted by Crippen LogP contribution is -2.06. The van der Waals surface area contributed by atoms with Gasteiger partial charge in [-0.3, -0.25) is 0 Å². The van der Waals surface area contributed by atoms with Crippen LogP contribution in [-0.4, -0.2) is 12.6 Å². The number of unbranched alkanes of at least 4 members (excludes halogenated alkanes) is 12. The van der Waals surface area contributed by atoms with Gasteiger partial charge < -0.3 is 4.74 Å². The van der Waals surface area contributed by atoms with Crippen LogP contribution in [0.15, 0.2) is 30.3 Å². The van der Waals surface area contributed by atoms with E-state index in [0.29, 0.717) is 12.2 Å². The lowest BCUT2D eigenvalue weighted by Gasteiger charge is -2.05. The number of hydrogen-bond donors (Lipinski definition) is 0. The minimum Gasteiger partial charge on any atom is -0.462 e. The molecule has 0 aliphatic rings. The van der Waals surface area contributed by atoms with Crippen LogP contribution in [-0.2, 0) is 4.74 Å². The molecule has 0 saturated heterocycles. The molecule has 0 radical (unpaired) electrons. The number of rotatable bonds is 17. The Labute approximate surface area is 168 Å². The van der Waals surface area contributed by atoms with Crippen molar-refractivity contribution in [1.82, 2.24) is 0 Å². The minimum atomic E-state index is -0.199. The van der Waals surface area contributed by atoms with E-state index in [-0.39, 0.29) is 5.97 Å². The third-order valence-corrected chi connectivity index (χ3v) is 5.17. The summed E-state index contributed by atoms with van der Waals surface area (Å²) in [4.78, 5) is 11.8. The van der Waals surface area contributed by atoms with E-state index in [1.165, 1.54) is 83.5 Å². The second-order valence-electron chi connectivity index (χ2n) is 8.28. The van der Waals surface area contributed by atoms with E-state index < -0.39 is 0 Å². The number of carbonyl (C=O) groups excluding carboxylic acids is 1. The number of ether oxygens (including phenoxy) is 1. The first-order valence-electron chi connectivity index (χ1n) is 11.4. The first-order valence-corrected chi connectivity index (χ1v) is 11.4. The van der Waals surface area contributed by atoms with Gasteiger partial charge in [-0.1, -0.05) is 116 Å². The zero-order valence-electron chi connectivity index (χ0n) is 17.9. The Hall–Kier alpha value is -1.31. The molecule has 0 bridgehead atoms. The van der Waals surface area contributed by atoms with Gasteiger partial charge in [0.05, 0.1) is 12.2 Å². The molecule has 0 aromatic heterocycles. The zero-order valence-corrected chi connectivity index (χ0v) is 17.9. The fourth-order valence-corrected chi connectivity index (χ4v) is 3.42. The Bertz CT molecular complexity index is 453. The van der Waals surface area contributed by atoms with E-state index in [4.69, 9.17) is 4.74 Å². The fourth-order valence-electron chi connectivity index (χ4n) is 3.42. The molecule has 1 aromatic rings. The Kier molecular flexibility index (Phi) is 14.8. The summed E-state index contributed by atoms with van der Waals surface area (Å²) in [5.74, 6) is 0.671. The molecule has 2 nitrogen and oxygen atoms in total. The van der Waals surface area contributed by atoms with Crippen LogP contribution in [0.1, 0.15) is 114 Å². The maximum absolute atomic E-state index is 11.8. The van der Waals surface area contributed by atoms with Gasteiger partial charge in [0.2, 0.25) is 0 Å². The summed E-state index contributed by atoms with van der Waals surface area (Å²) in [7, 11) is 0. The van der Waals surface area contributed by atoms with Gasteiger partial charge in [0.15, 0.2) is 0 Å². The standard InChI is InChI=1S/C25H42O2/c1-23(2)19-15-12-10-8-6-4-3-5-7-9-11-13-18-22-27-25(26)24-20-16-14-17-21-24/h14,16-17,20-21,23H,3-13,15,18-19,22H2,1-2H3. The molecule has 0 spiro atoms. The summed E-state index contributed by atoms with van der Waals surface area (Å²) in [5, 5.41) is 0. The van der Waals surface area contributed by atoms with Crippen LogP contribution in [0.4, 0.5) is 0 Å². The molecule has 0 aliphatic heterocycles. The molecule has 0 fully saturated rings. The summed E-state index contributed by atoms with van der Waals surface area (Å²) < 4.78 is 5.31. The average Bonchev–Trinajstić information content (AvgIpc) is 2.68. The summed E-state index contributed by atoms with van der Waals surface area (Å²) in [6.45, 7) is 5.19. The first kappa shape index (κ1) is 23.7. The zero-order chi connectivity index (χ0) is 19.6. The van der Waals surface area contributed by atoms with E-state index in [9.17, 15) is 4.79 Å². The van der Waals surface area contributed by atoms with E-state index in [1.807, 2.05) is 18.2 Å². The maximum atomic E-state index is 11.8. The molecule has 27 heavy (non-hydrogen) atoms. The van der Waals surface area contributed by atoms with Crippen molar-refractivity contribution in [2.24, 2.45) is 5.92 Å². The Balaban J connectivity index is 1.76. The smallest absolute Gasteiger partial charge is 0.338 e. The van der Waals surface area contributed by atoms with Gasteiger partial charge in [0.25, 0.3) is 0 Å². The number of carbonyl (C=O) groups is 1. The average molecular weight is 375 g/mol. The van der Waals surface area contributed by atoms with Crippen molar-refractivity contribution in [3.63, 3.8) is 0 Å². The van der Waals surface area contributed by atoms with Crippen molar-refractivity contribution in [3.05, 3.63) is 35.9 Å². The summed E-state index contributed by atoms with van der Waals surface area (Å²) in [6, 6.07) is 9.24. The number of benzene rings is 1. The second kappa shape index (κ2) is 16.8. The third-order valence-electron chi connectivity index (χ3n) is 5.17. The molecule has 0 amide bonds. The molecule has 154 valence electrons. The molecule has 1 aromatic carbocycles. The van der Waals surface area contributed by atoms with Crippen molar-refractivity contribution in [1.29, 1.82) is 0 Å². The normalized spacial score (nSPS) is 11.1. The van der Waals surface area contributed by atoms with Gasteiger partial charge in [-0.05, 0) is 24.5 Å². The molecule has 0 saturated carbocycles. The number of esters is 1. The SMILES string of the molecule is CC(C)CCCCCCCCCCCCCCCOC(=O)c1ccccc1. The van der Waals surface area contributed by atoms with E-state index in [2.05, 4.69) is 13.8 Å². The lowest BCUT2D eigenvalue weighted by molar-refractivity contribution is 0.0497. The summed E-state index contributed by atoms with van der Waals surface area (Å²) in [6.07, 6.45) is 18.8. The first-order chi connectivity index (χ1) is 13.2. The topological polar surface area (TPSA) is 26.3 Å². The largest absolute Gasteiger partial charge is 0.462 e. The molecule has 0 unspecified atom stereocenters. The van der Waals surface area contributed by atoms with Gasteiger partial charge in [-0.2, -0.15) is 0 Å². The van der Waals surface area contributed by atoms with E-state index in [0.717, 1.165) is 12.3 Å². The monoisotopic (exact) mass is 374 g/mol. The fraction of sp³-hybridized carbons (Fsp3) is 0.720. The van der Waals surface area contributed by atoms with Crippen molar-refractivity contribution in [3.8, 4) is 0 Å². The molecule has 0 aliphatic carbocycles. The quantitative estimate of drug-likeness (QED) is 0.204. The third kappa shape index (κ3) is 14.4. The Morgan fingerprint density at radius 1 is 0.704 bits per heavy atom. The molecule has 2 heteroatoms. The molecule has 0 atom stereocenters. The van der Waals surface area contributed by atoms with Crippen LogP contribution >= 0.6 is 0 Å². The van der Waals surface area contributed by atoms with Gasteiger partial charge >= 0.3 is 5.97 Å². The van der Waals surface area contributed by atoms with Crippen LogP contribution in [0.5, 0.6) is 0 Å². The predicted molar refractivity (Wildman–Crippen MR) is 116 cm³/mol. The van der Waals surface area contributed by atoms with Gasteiger partial charge in [0, 0.05) is 0 Å². The van der Waals surface area contributed by atoms with E-state index in [1.54, 1.807) is 12.1 Å². The molecular formula is C25H42O2. The highest BCUT2D eigenvalue weighted by molar-refractivity contribution is 5.89. The Morgan fingerprint density at radius 3 is 1.63 bits per heavy atom. The second-order valence-corrected chi connectivity index (χ2v) is 8.28. The molecular weight excluding hydrogens is 332 g/mol. The lowest BCUT2D eigenvalue weighted by atomic mass is 10.0. The van der Waals surface area contributed by atoms with Crippen LogP contribution in [0.2, 0.25) is 0 Å². The van der Waals surface area contributed by atoms with Crippen LogP contribution in [0.3, 0.4) is 0 Å². The van der Waals surface area contributed by atoms with E-state index >= 15 is 0 Å². The molecule has 0 N–H and O–H groups in total. The highest BCUT2D eigenvalue weighted by Gasteiger charge is 2.04. The van der Waals surface area contributed by atoms with Crippen LogP contribution in [0, 0.1) is 5.92 Å². The van der Waals surface area contributed by atoms with Crippen molar-refractivity contribution < 1.29 is 9.53 Å². The van der Waals surface area contributed by atoms with Crippen LogP contribution < -0.4 is 0 Å². The predicted octanol–water partition coefficient (Wildman–Crippen LogP) is 7.96. The molecule has 0 heterocycles. The highest BCUT2D eigenvalue weighted by Crippen LogP contribution is 2.14. The number of hydrogen-bond acceptors (Lipinski definition) is 2. The van der Waals surface area contributed by atoms with Crippen molar-refractivity contribution in [2.45, 2.75) is 104 Å². The minimum absolute atomic E-state index is 0.199. The van der Waals surface area contributed by atoms with Crippen molar-refractivity contribution >= 4 is 5.97 Å². The summed E-state index contributed by atoms with van der Waals surface area (Å²) in [5.41, 5.74) is 0.646. The van der Waals surface area contributed by atoms with Gasteiger partial charge in [0.1, 0.15) is 0 Å². The van der Waals surface area contributed by atoms with Crippen molar-refractivity contribution in [2.75, 3.05) is 6.61 Å². The van der Waals surface area contributed by atoms with Crippen LogP contribution in [0.25, 0.3) is 0 Å². The maximum Gasteiger partial charge on any atom is 0.338 e. The molecule has 1 rings (SSSR count). The highest BCUT2D eigenvalue weighted by atomic mass is 16.5. The summed E-state index contributed by atoms with van der Waals surface area (Å²) >= 11 is 0. The Morgan fingerprint density at radius 2 is 1.15 bits per heavy atom.